The van der Waals surface area contributed by atoms with Gasteiger partial charge in [0.05, 0.1) is 6.04 Å². The van der Waals surface area contributed by atoms with Crippen molar-refractivity contribution >= 4 is 11.6 Å². The van der Waals surface area contributed by atoms with Crippen LogP contribution in [0.1, 0.15) is 11.6 Å². The second kappa shape index (κ2) is 3.89. The van der Waals surface area contributed by atoms with Crippen molar-refractivity contribution in [1.29, 1.82) is 0 Å². The summed E-state index contributed by atoms with van der Waals surface area (Å²) in [6.45, 7) is 0. The Morgan fingerprint density at radius 3 is 2.64 bits per heavy atom. The average molecular weight is 206 g/mol. The van der Waals surface area contributed by atoms with Crippen LogP contribution >= 0.6 is 11.6 Å². The highest BCUT2D eigenvalue weighted by Crippen LogP contribution is 2.27. The molecule has 2 heteroatoms. The van der Waals surface area contributed by atoms with E-state index in [1.165, 1.54) is 5.56 Å². The number of allylic oxidation sites excluding steroid dienone is 2. The predicted octanol–water partition coefficient (Wildman–Crippen LogP) is 3.31. The Morgan fingerprint density at radius 1 is 1.21 bits per heavy atom. The fraction of sp³-hybridized carbons (Fsp3) is 0.167. The summed E-state index contributed by atoms with van der Waals surface area (Å²) in [5, 5.41) is 0.803. The fourth-order valence-electron chi connectivity index (χ4n) is 1.59. The van der Waals surface area contributed by atoms with Gasteiger partial charge in [-0.2, -0.15) is 0 Å². The standard InChI is InChI=1S/C12H12ClN/c1-14-8-7-11(13)9-12(14)10-5-3-2-4-6-10/h2-9,12H,1H3. The number of nitrogens with zero attached hydrogens (tertiary/aromatic N) is 1. The molecule has 0 amide bonds. The molecule has 0 aromatic heterocycles. The molecule has 1 heterocycles. The summed E-state index contributed by atoms with van der Waals surface area (Å²) in [4.78, 5) is 2.14. The Morgan fingerprint density at radius 2 is 1.93 bits per heavy atom. The van der Waals surface area contributed by atoms with Crippen molar-refractivity contribution in [2.45, 2.75) is 6.04 Å². The summed E-state index contributed by atoms with van der Waals surface area (Å²) in [5.74, 6) is 0. The van der Waals surface area contributed by atoms with E-state index in [4.69, 9.17) is 11.6 Å². The van der Waals surface area contributed by atoms with Gasteiger partial charge in [0, 0.05) is 18.3 Å². The van der Waals surface area contributed by atoms with E-state index in [1.807, 2.05) is 37.5 Å². The minimum atomic E-state index is 0.258. The molecule has 1 aliphatic heterocycles. The summed E-state index contributed by atoms with van der Waals surface area (Å²) in [6, 6.07) is 10.6. The van der Waals surface area contributed by atoms with Crippen LogP contribution in [0.15, 0.2) is 53.7 Å². The normalized spacial score (nSPS) is 20.9. The molecule has 14 heavy (non-hydrogen) atoms. The van der Waals surface area contributed by atoms with Crippen molar-refractivity contribution in [3.05, 3.63) is 59.3 Å². The van der Waals surface area contributed by atoms with Crippen LogP contribution in [0.3, 0.4) is 0 Å². The van der Waals surface area contributed by atoms with Crippen molar-refractivity contribution in [2.75, 3.05) is 7.05 Å². The first-order valence-corrected chi connectivity index (χ1v) is 4.97. The molecule has 72 valence electrons. The van der Waals surface area contributed by atoms with Crippen molar-refractivity contribution in [3.8, 4) is 0 Å². The van der Waals surface area contributed by atoms with Crippen molar-refractivity contribution in [3.63, 3.8) is 0 Å². The van der Waals surface area contributed by atoms with Gasteiger partial charge < -0.3 is 4.90 Å². The smallest absolute Gasteiger partial charge is 0.0735 e. The van der Waals surface area contributed by atoms with E-state index in [0.717, 1.165) is 5.03 Å². The zero-order chi connectivity index (χ0) is 9.97. The second-order valence-corrected chi connectivity index (χ2v) is 3.82. The number of rotatable bonds is 1. The molecule has 0 bridgehead atoms. The van der Waals surface area contributed by atoms with Gasteiger partial charge in [-0.15, -0.1) is 0 Å². The van der Waals surface area contributed by atoms with Gasteiger partial charge in [-0.05, 0) is 17.7 Å². The second-order valence-electron chi connectivity index (χ2n) is 3.39. The third-order valence-electron chi connectivity index (χ3n) is 2.37. The fourth-order valence-corrected chi connectivity index (χ4v) is 1.76. The number of hydrogen-bond donors (Lipinski definition) is 0. The van der Waals surface area contributed by atoms with E-state index in [9.17, 15) is 0 Å². The van der Waals surface area contributed by atoms with Gasteiger partial charge in [-0.25, -0.2) is 0 Å². The third-order valence-corrected chi connectivity index (χ3v) is 2.62. The Kier molecular flexibility index (Phi) is 2.60. The average Bonchev–Trinajstić information content (AvgIpc) is 2.23. The topological polar surface area (TPSA) is 3.24 Å². The minimum absolute atomic E-state index is 0.258. The lowest BCUT2D eigenvalue weighted by molar-refractivity contribution is 0.389. The molecule has 1 atom stereocenters. The quantitative estimate of drug-likeness (QED) is 0.680. The third kappa shape index (κ3) is 1.83. The first-order chi connectivity index (χ1) is 6.77. The van der Waals surface area contributed by atoms with Gasteiger partial charge in [0.15, 0.2) is 0 Å². The van der Waals surface area contributed by atoms with E-state index < -0.39 is 0 Å². The van der Waals surface area contributed by atoms with Crippen LogP contribution in [0.2, 0.25) is 0 Å². The molecule has 0 saturated carbocycles. The van der Waals surface area contributed by atoms with Gasteiger partial charge in [0.25, 0.3) is 0 Å². The summed E-state index contributed by atoms with van der Waals surface area (Å²) in [5.41, 5.74) is 1.26. The van der Waals surface area contributed by atoms with Gasteiger partial charge in [0.1, 0.15) is 0 Å². The van der Waals surface area contributed by atoms with Gasteiger partial charge >= 0.3 is 0 Å². The molecular weight excluding hydrogens is 194 g/mol. The molecule has 0 fully saturated rings. The van der Waals surface area contributed by atoms with Crippen LogP contribution in [-0.4, -0.2) is 11.9 Å². The maximum atomic E-state index is 5.97. The van der Waals surface area contributed by atoms with Crippen LogP contribution in [0.4, 0.5) is 0 Å². The first kappa shape index (κ1) is 9.35. The molecule has 1 aromatic rings. The number of benzene rings is 1. The molecule has 1 unspecified atom stereocenters. The van der Waals surface area contributed by atoms with Crippen LogP contribution < -0.4 is 0 Å². The summed E-state index contributed by atoms with van der Waals surface area (Å²) in [7, 11) is 2.05. The summed E-state index contributed by atoms with van der Waals surface area (Å²) >= 11 is 5.97. The molecule has 1 aliphatic rings. The number of halogens is 1. The molecule has 0 N–H and O–H groups in total. The highest BCUT2D eigenvalue weighted by Gasteiger charge is 2.14. The minimum Gasteiger partial charge on any atom is -0.370 e. The van der Waals surface area contributed by atoms with Gasteiger partial charge in [0.2, 0.25) is 0 Å². The van der Waals surface area contributed by atoms with Gasteiger partial charge in [-0.3, -0.25) is 0 Å². The van der Waals surface area contributed by atoms with E-state index in [2.05, 4.69) is 23.1 Å². The Bertz CT molecular complexity index is 367. The molecule has 0 saturated heterocycles. The molecule has 1 aromatic carbocycles. The van der Waals surface area contributed by atoms with Crippen LogP contribution in [0.5, 0.6) is 0 Å². The van der Waals surface area contributed by atoms with Crippen LogP contribution in [0, 0.1) is 0 Å². The molecule has 0 radical (unpaired) electrons. The first-order valence-electron chi connectivity index (χ1n) is 4.60. The zero-order valence-corrected chi connectivity index (χ0v) is 8.78. The van der Waals surface area contributed by atoms with Crippen molar-refractivity contribution in [2.24, 2.45) is 0 Å². The SMILES string of the molecule is CN1C=CC(Cl)=CC1c1ccccc1. The lowest BCUT2D eigenvalue weighted by Crippen LogP contribution is -2.19. The highest BCUT2D eigenvalue weighted by atomic mass is 35.5. The van der Waals surface area contributed by atoms with E-state index in [-0.39, 0.29) is 6.04 Å². The Balaban J connectivity index is 2.31. The van der Waals surface area contributed by atoms with Crippen molar-refractivity contribution < 1.29 is 0 Å². The monoisotopic (exact) mass is 205 g/mol. The zero-order valence-electron chi connectivity index (χ0n) is 8.02. The Labute approximate surface area is 89.3 Å². The highest BCUT2D eigenvalue weighted by molar-refractivity contribution is 6.31. The molecule has 0 aliphatic carbocycles. The van der Waals surface area contributed by atoms with Gasteiger partial charge in [-0.1, -0.05) is 41.9 Å². The van der Waals surface area contributed by atoms with E-state index >= 15 is 0 Å². The van der Waals surface area contributed by atoms with E-state index in [1.54, 1.807) is 0 Å². The lowest BCUT2D eigenvalue weighted by atomic mass is 10.0. The van der Waals surface area contributed by atoms with Crippen LogP contribution in [-0.2, 0) is 0 Å². The maximum absolute atomic E-state index is 5.97. The summed E-state index contributed by atoms with van der Waals surface area (Å²) < 4.78 is 0. The summed E-state index contributed by atoms with van der Waals surface area (Å²) in [6.07, 6.45) is 5.96. The molecule has 2 rings (SSSR count). The van der Waals surface area contributed by atoms with E-state index in [0.29, 0.717) is 0 Å². The lowest BCUT2D eigenvalue weighted by Gasteiger charge is -2.27. The molecule has 0 spiro atoms. The number of likely N-dealkylation sites (N-methyl/N-ethyl adjacent to an activating group) is 1. The number of hydrogen-bond acceptors (Lipinski definition) is 1. The molecule has 1 nitrogen and oxygen atoms in total. The largest absolute Gasteiger partial charge is 0.370 e. The predicted molar refractivity (Wildman–Crippen MR) is 60.0 cm³/mol. The maximum Gasteiger partial charge on any atom is 0.0735 e. The molecular formula is C12H12ClN. The van der Waals surface area contributed by atoms with Crippen molar-refractivity contribution in [1.82, 2.24) is 4.90 Å². The Hall–Kier alpha value is -1.21. The van der Waals surface area contributed by atoms with Crippen LogP contribution in [0.25, 0.3) is 0 Å².